The summed E-state index contributed by atoms with van der Waals surface area (Å²) >= 11 is 2.50. The van der Waals surface area contributed by atoms with Crippen LogP contribution in [0.15, 0.2) is 82.6 Å². The van der Waals surface area contributed by atoms with Crippen LogP contribution in [-0.4, -0.2) is 30.4 Å². The van der Waals surface area contributed by atoms with Gasteiger partial charge in [0, 0.05) is 6.20 Å². The van der Waals surface area contributed by atoms with E-state index in [4.69, 9.17) is 0 Å². The van der Waals surface area contributed by atoms with Crippen LogP contribution in [0.25, 0.3) is 32.5 Å². The number of hydrogen-bond acceptors (Lipinski definition) is 8. The highest BCUT2D eigenvalue weighted by atomic mass is 32.2. The zero-order valence-corrected chi connectivity index (χ0v) is 19.6. The number of aromatic nitrogens is 4. The van der Waals surface area contributed by atoms with Crippen molar-refractivity contribution in [1.82, 2.24) is 19.5 Å². The van der Waals surface area contributed by atoms with Crippen LogP contribution in [0.4, 0.5) is 0 Å². The number of thioether (sulfide) groups is 1. The van der Waals surface area contributed by atoms with Crippen LogP contribution >= 0.6 is 23.1 Å². The molecule has 166 valence electrons. The van der Waals surface area contributed by atoms with Gasteiger partial charge in [0.15, 0.2) is 5.16 Å². The Morgan fingerprint density at radius 3 is 2.65 bits per heavy atom. The monoisotopic (exact) mass is 483 g/mol. The lowest BCUT2D eigenvalue weighted by atomic mass is 10.2. The van der Waals surface area contributed by atoms with Gasteiger partial charge in [0.2, 0.25) is 0 Å². The van der Waals surface area contributed by atoms with E-state index >= 15 is 0 Å². The van der Waals surface area contributed by atoms with E-state index < -0.39 is 0 Å². The third-order valence-electron chi connectivity index (χ3n) is 5.12. The molecule has 7 nitrogen and oxygen atoms in total. The van der Waals surface area contributed by atoms with Crippen LogP contribution in [0.3, 0.4) is 0 Å². The van der Waals surface area contributed by atoms with E-state index in [-0.39, 0.29) is 22.6 Å². The largest absolute Gasteiger partial charge is 0.510 e. The Kier molecular flexibility index (Phi) is 5.84. The number of nitrogens with zero attached hydrogens (tertiary/aromatic N) is 5. The fraction of sp³-hybridized carbons (Fsp3) is 0.0800. The number of fused-ring (bicyclic) bond motifs is 2. The molecule has 1 N–H and O–H groups in total. The minimum atomic E-state index is -0.249. The number of rotatable bonds is 5. The number of aryl methyl sites for hydroxylation is 1. The lowest BCUT2D eigenvalue weighted by Gasteiger charge is -2.13. The van der Waals surface area contributed by atoms with E-state index in [1.165, 1.54) is 15.9 Å². The number of para-hydroxylation sites is 2. The third-order valence-corrected chi connectivity index (χ3v) is 7.12. The van der Waals surface area contributed by atoms with Crippen molar-refractivity contribution in [3.05, 3.63) is 93.5 Å². The van der Waals surface area contributed by atoms with E-state index in [0.717, 1.165) is 27.5 Å². The Morgan fingerprint density at radius 1 is 1.12 bits per heavy atom. The molecule has 0 aliphatic heterocycles. The predicted octanol–water partition coefficient (Wildman–Crippen LogP) is 5.28. The van der Waals surface area contributed by atoms with Crippen molar-refractivity contribution in [3.8, 4) is 11.9 Å². The lowest BCUT2D eigenvalue weighted by Crippen LogP contribution is -2.22. The molecule has 0 saturated carbocycles. The normalized spacial score (nSPS) is 12.0. The van der Waals surface area contributed by atoms with Gasteiger partial charge in [-0.2, -0.15) is 5.26 Å². The van der Waals surface area contributed by atoms with Gasteiger partial charge in [-0.05, 0) is 48.9 Å². The van der Waals surface area contributed by atoms with Crippen molar-refractivity contribution < 1.29 is 5.11 Å². The fourth-order valence-corrected chi connectivity index (χ4v) is 5.33. The summed E-state index contributed by atoms with van der Waals surface area (Å²) in [5, 5.41) is 21.8. The first kappa shape index (κ1) is 21.8. The predicted molar refractivity (Wildman–Crippen MR) is 135 cm³/mol. The van der Waals surface area contributed by atoms with Crippen molar-refractivity contribution in [2.45, 2.75) is 12.1 Å². The second-order valence-corrected chi connectivity index (χ2v) is 9.43. The number of aliphatic hydroxyl groups excluding tert-OH is 1. The molecule has 0 amide bonds. The molecule has 0 aliphatic rings. The molecule has 0 radical (unpaired) electrons. The standard InChI is InChI=1S/C25H17N5O2S2/c1-15-10-11-27-22(12-15)30-24(32)16-6-2-3-7-18(16)29-25(30)33-14-20(31)17(13-26)23-28-19-8-4-5-9-21(19)34-23/h2-12,31H,14H2,1H3/b20-17-. The van der Waals surface area contributed by atoms with Crippen LogP contribution in [0.1, 0.15) is 10.6 Å². The maximum absolute atomic E-state index is 13.4. The summed E-state index contributed by atoms with van der Waals surface area (Å²) in [5.41, 5.74) is 2.13. The second-order valence-electron chi connectivity index (χ2n) is 7.45. The lowest BCUT2D eigenvalue weighted by molar-refractivity contribution is 0.420. The van der Waals surface area contributed by atoms with Crippen molar-refractivity contribution >= 4 is 49.8 Å². The van der Waals surface area contributed by atoms with E-state index in [1.54, 1.807) is 30.5 Å². The minimum absolute atomic E-state index is 0.0371. The van der Waals surface area contributed by atoms with Gasteiger partial charge >= 0.3 is 0 Å². The van der Waals surface area contributed by atoms with Crippen molar-refractivity contribution in [1.29, 1.82) is 5.26 Å². The summed E-state index contributed by atoms with van der Waals surface area (Å²) in [5.74, 6) is 0.355. The molecule has 0 atom stereocenters. The zero-order valence-electron chi connectivity index (χ0n) is 18.0. The molecule has 0 saturated heterocycles. The van der Waals surface area contributed by atoms with Crippen LogP contribution in [0, 0.1) is 18.3 Å². The first-order valence-electron chi connectivity index (χ1n) is 10.3. The first-order valence-corrected chi connectivity index (χ1v) is 12.1. The van der Waals surface area contributed by atoms with E-state index in [0.29, 0.717) is 26.9 Å². The first-order chi connectivity index (χ1) is 16.5. The van der Waals surface area contributed by atoms with Crippen LogP contribution < -0.4 is 5.56 Å². The fourth-order valence-electron chi connectivity index (χ4n) is 3.47. The van der Waals surface area contributed by atoms with Crippen LogP contribution in [-0.2, 0) is 0 Å². The van der Waals surface area contributed by atoms with Crippen molar-refractivity contribution in [2.24, 2.45) is 0 Å². The topological polar surface area (TPSA) is 105 Å². The quantitative estimate of drug-likeness (QED) is 0.157. The molecular weight excluding hydrogens is 466 g/mol. The molecule has 0 aliphatic carbocycles. The highest BCUT2D eigenvalue weighted by Gasteiger charge is 2.18. The van der Waals surface area contributed by atoms with Gasteiger partial charge in [-0.3, -0.25) is 4.79 Å². The molecule has 0 unspecified atom stereocenters. The van der Waals surface area contributed by atoms with Gasteiger partial charge in [-0.15, -0.1) is 11.3 Å². The number of pyridine rings is 1. The van der Waals surface area contributed by atoms with Crippen molar-refractivity contribution in [3.63, 3.8) is 0 Å². The Bertz CT molecular complexity index is 1650. The Morgan fingerprint density at radius 2 is 1.88 bits per heavy atom. The van der Waals surface area contributed by atoms with Gasteiger partial charge in [0.1, 0.15) is 28.2 Å². The van der Waals surface area contributed by atoms with Gasteiger partial charge in [-0.1, -0.05) is 36.0 Å². The third kappa shape index (κ3) is 4.05. The van der Waals surface area contributed by atoms with E-state index in [2.05, 4.69) is 21.0 Å². The van der Waals surface area contributed by atoms with Gasteiger partial charge in [-0.25, -0.2) is 19.5 Å². The molecule has 3 heterocycles. The molecule has 2 aromatic carbocycles. The maximum Gasteiger partial charge on any atom is 0.267 e. The summed E-state index contributed by atoms with van der Waals surface area (Å²) in [6.45, 7) is 1.92. The Balaban J connectivity index is 1.57. The molecule has 34 heavy (non-hydrogen) atoms. The molecule has 9 heteroatoms. The van der Waals surface area contributed by atoms with Crippen LogP contribution in [0.2, 0.25) is 0 Å². The average molecular weight is 484 g/mol. The molecule has 0 fully saturated rings. The number of aliphatic hydroxyl groups is 1. The minimum Gasteiger partial charge on any atom is -0.510 e. The number of thiazole rings is 1. The molecule has 3 aromatic heterocycles. The summed E-state index contributed by atoms with van der Waals surface area (Å²) in [4.78, 5) is 26.9. The average Bonchev–Trinajstić information content (AvgIpc) is 3.27. The van der Waals surface area contributed by atoms with E-state index in [1.807, 2.05) is 43.3 Å². The number of nitriles is 1. The maximum atomic E-state index is 13.4. The molecule has 5 rings (SSSR count). The van der Waals surface area contributed by atoms with Gasteiger partial charge < -0.3 is 5.11 Å². The Hall–Kier alpha value is -4.00. The second kappa shape index (κ2) is 9.09. The number of allylic oxidation sites excluding steroid dienone is 1. The van der Waals surface area contributed by atoms with Gasteiger partial charge in [0.05, 0.1) is 26.9 Å². The number of benzene rings is 2. The summed E-state index contributed by atoms with van der Waals surface area (Å²) in [7, 11) is 0. The molecule has 0 bridgehead atoms. The SMILES string of the molecule is Cc1ccnc(-n2c(SC/C(O)=C(\C#N)c3nc4ccccc4s3)nc3ccccc3c2=O)c1. The summed E-state index contributed by atoms with van der Waals surface area (Å²) < 4.78 is 2.37. The molecule has 5 aromatic rings. The van der Waals surface area contributed by atoms with Crippen molar-refractivity contribution in [2.75, 3.05) is 5.75 Å². The van der Waals surface area contributed by atoms with E-state index in [9.17, 15) is 15.2 Å². The van der Waals surface area contributed by atoms with Gasteiger partial charge in [0.25, 0.3) is 5.56 Å². The smallest absolute Gasteiger partial charge is 0.267 e. The summed E-state index contributed by atoms with van der Waals surface area (Å²) in [6, 6.07) is 20.4. The Labute approximate surface area is 202 Å². The highest BCUT2D eigenvalue weighted by molar-refractivity contribution is 7.99. The summed E-state index contributed by atoms with van der Waals surface area (Å²) in [6.07, 6.45) is 1.64. The van der Waals surface area contributed by atoms with Crippen LogP contribution in [0.5, 0.6) is 0 Å². The highest BCUT2D eigenvalue weighted by Crippen LogP contribution is 2.30. The molecule has 0 spiro atoms. The zero-order chi connectivity index (χ0) is 23.7. The number of hydrogen-bond donors (Lipinski definition) is 1. The molecular formula is C25H17N5O2S2.